The number of nitrogens with zero attached hydrogens (tertiary/aromatic N) is 3. The maximum absolute atomic E-state index is 14.7. The largest absolute Gasteiger partial charge is 0.465 e. The standard InChI is InChI=1S/C24H28FN3O3S.ClH/c1-2-31-22(29)14-27-13-18(26-15-27)11-17-12-28(10-9-21(17)32)23(24(30)16-7-8-16)19-5-3-4-6-20(19)25;/h3-6,11,13,15-16,21,23,32H,2,7-10,12,14H2,1H3;1H. The Balaban J connectivity index is 0.00000306. The maximum atomic E-state index is 14.7. The third-order valence-corrected chi connectivity index (χ3v) is 6.51. The molecule has 1 aromatic carbocycles. The molecule has 0 radical (unpaired) electrons. The van der Waals surface area contributed by atoms with E-state index in [-0.39, 0.29) is 47.7 Å². The van der Waals surface area contributed by atoms with Crippen molar-refractivity contribution in [1.82, 2.24) is 14.5 Å². The van der Waals surface area contributed by atoms with Crippen LogP contribution in [0.25, 0.3) is 6.08 Å². The van der Waals surface area contributed by atoms with Crippen molar-refractivity contribution in [3.63, 3.8) is 0 Å². The molecule has 1 saturated carbocycles. The van der Waals surface area contributed by atoms with Gasteiger partial charge in [0.1, 0.15) is 12.4 Å². The molecule has 178 valence electrons. The number of carbonyl (C=O) groups excluding carboxylic acids is 2. The van der Waals surface area contributed by atoms with E-state index < -0.39 is 6.04 Å². The van der Waals surface area contributed by atoms with Gasteiger partial charge in [-0.15, -0.1) is 12.4 Å². The van der Waals surface area contributed by atoms with Crippen LogP contribution in [0, 0.1) is 11.7 Å². The molecule has 1 saturated heterocycles. The molecule has 2 fully saturated rings. The van der Waals surface area contributed by atoms with Crippen LogP contribution in [-0.2, 0) is 20.9 Å². The van der Waals surface area contributed by atoms with Crippen molar-refractivity contribution in [2.24, 2.45) is 5.92 Å². The molecule has 4 rings (SSSR count). The summed E-state index contributed by atoms with van der Waals surface area (Å²) in [6.07, 6.45) is 7.84. The number of carbonyl (C=O) groups is 2. The number of piperidine rings is 1. The van der Waals surface area contributed by atoms with Gasteiger partial charge in [0, 0.05) is 36.0 Å². The highest BCUT2D eigenvalue weighted by Gasteiger charge is 2.40. The number of hydrogen-bond donors (Lipinski definition) is 1. The van der Waals surface area contributed by atoms with E-state index >= 15 is 0 Å². The Morgan fingerprint density at radius 3 is 2.76 bits per heavy atom. The molecule has 33 heavy (non-hydrogen) atoms. The Morgan fingerprint density at radius 2 is 2.06 bits per heavy atom. The zero-order chi connectivity index (χ0) is 22.7. The quantitative estimate of drug-likeness (QED) is 0.443. The van der Waals surface area contributed by atoms with Crippen molar-refractivity contribution in [2.45, 2.75) is 44.0 Å². The second kappa shape index (κ2) is 11.3. The van der Waals surface area contributed by atoms with Gasteiger partial charge >= 0.3 is 5.97 Å². The number of ether oxygens (including phenoxy) is 1. The van der Waals surface area contributed by atoms with Gasteiger partial charge in [0.2, 0.25) is 0 Å². The summed E-state index contributed by atoms with van der Waals surface area (Å²) in [6.45, 7) is 3.39. The summed E-state index contributed by atoms with van der Waals surface area (Å²) in [7, 11) is 0. The molecule has 0 N–H and O–H groups in total. The first-order chi connectivity index (χ1) is 15.5. The van der Waals surface area contributed by atoms with Crippen molar-refractivity contribution in [3.05, 3.63) is 59.4 Å². The molecule has 2 aliphatic rings. The number of ketones is 1. The Kier molecular flexibility index (Phi) is 8.73. The molecule has 2 unspecified atom stereocenters. The average Bonchev–Trinajstić information content (AvgIpc) is 3.53. The fourth-order valence-corrected chi connectivity index (χ4v) is 4.43. The van der Waals surface area contributed by atoms with Crippen LogP contribution in [0.15, 0.2) is 42.4 Å². The van der Waals surface area contributed by atoms with E-state index in [1.165, 1.54) is 6.07 Å². The molecule has 1 aliphatic heterocycles. The van der Waals surface area contributed by atoms with E-state index in [4.69, 9.17) is 17.4 Å². The molecule has 0 amide bonds. The van der Waals surface area contributed by atoms with Gasteiger partial charge in [-0.1, -0.05) is 18.2 Å². The lowest BCUT2D eigenvalue weighted by Gasteiger charge is -2.37. The lowest BCUT2D eigenvalue weighted by atomic mass is 9.93. The molecule has 2 aromatic rings. The van der Waals surface area contributed by atoms with Crippen molar-refractivity contribution >= 4 is 42.9 Å². The fraction of sp³-hybridized carbons (Fsp3) is 0.458. The highest BCUT2D eigenvalue weighted by molar-refractivity contribution is 7.81. The number of Topliss-reactive ketones (excluding diaryl/α,β-unsaturated/α-hetero) is 1. The van der Waals surface area contributed by atoms with Gasteiger partial charge in [-0.3, -0.25) is 14.5 Å². The van der Waals surface area contributed by atoms with Gasteiger partial charge < -0.3 is 9.30 Å². The third kappa shape index (κ3) is 6.25. The summed E-state index contributed by atoms with van der Waals surface area (Å²) in [5.74, 6) is -0.529. The van der Waals surface area contributed by atoms with Gasteiger partial charge in [0.15, 0.2) is 5.78 Å². The van der Waals surface area contributed by atoms with Crippen LogP contribution in [0.5, 0.6) is 0 Å². The summed E-state index contributed by atoms with van der Waals surface area (Å²) < 4.78 is 21.3. The van der Waals surface area contributed by atoms with Gasteiger partial charge in [-0.25, -0.2) is 9.37 Å². The summed E-state index contributed by atoms with van der Waals surface area (Å²) in [5.41, 5.74) is 2.17. The second-order valence-electron chi connectivity index (χ2n) is 8.37. The van der Waals surface area contributed by atoms with Crippen LogP contribution in [-0.4, -0.2) is 51.1 Å². The van der Waals surface area contributed by atoms with Gasteiger partial charge in [-0.05, 0) is 43.9 Å². The van der Waals surface area contributed by atoms with Gasteiger partial charge in [-0.2, -0.15) is 12.6 Å². The minimum Gasteiger partial charge on any atom is -0.465 e. The number of benzene rings is 1. The Labute approximate surface area is 205 Å². The van der Waals surface area contributed by atoms with E-state index in [1.54, 1.807) is 42.2 Å². The molecular formula is C24H29ClFN3O3S. The zero-order valence-electron chi connectivity index (χ0n) is 18.5. The first kappa shape index (κ1) is 25.5. The van der Waals surface area contributed by atoms with E-state index in [1.807, 2.05) is 6.08 Å². The SMILES string of the molecule is CCOC(=O)Cn1cnc(C=C2CN(C(C(=O)C3CC3)c3ccccc3F)CCC2S)c1.Cl. The zero-order valence-corrected chi connectivity index (χ0v) is 20.2. The predicted molar refractivity (Wildman–Crippen MR) is 130 cm³/mol. The predicted octanol–water partition coefficient (Wildman–Crippen LogP) is 4.12. The lowest BCUT2D eigenvalue weighted by molar-refractivity contribution is -0.143. The second-order valence-corrected chi connectivity index (χ2v) is 8.99. The normalized spacial score (nSPS) is 20.8. The van der Waals surface area contributed by atoms with Gasteiger partial charge in [0.25, 0.3) is 0 Å². The molecule has 2 atom stereocenters. The van der Waals surface area contributed by atoms with Crippen LogP contribution >= 0.6 is 25.0 Å². The van der Waals surface area contributed by atoms with Crippen molar-refractivity contribution in [2.75, 3.05) is 19.7 Å². The van der Waals surface area contributed by atoms with Crippen LogP contribution in [0.4, 0.5) is 4.39 Å². The summed E-state index contributed by atoms with van der Waals surface area (Å²) in [5, 5.41) is 0.0266. The number of rotatable bonds is 8. The number of likely N-dealkylation sites (tertiary alicyclic amines) is 1. The van der Waals surface area contributed by atoms with Crippen LogP contribution in [0.3, 0.4) is 0 Å². The minimum absolute atomic E-state index is 0. The first-order valence-electron chi connectivity index (χ1n) is 11.0. The molecule has 0 spiro atoms. The number of thiol groups is 1. The van der Waals surface area contributed by atoms with E-state index in [2.05, 4.69) is 9.88 Å². The minimum atomic E-state index is -0.589. The molecule has 1 aromatic heterocycles. The summed E-state index contributed by atoms with van der Waals surface area (Å²) in [6, 6.07) is 5.97. The Hall–Kier alpha value is -2.16. The fourth-order valence-electron chi connectivity index (χ4n) is 4.16. The van der Waals surface area contributed by atoms with Crippen LogP contribution in [0.2, 0.25) is 0 Å². The molecule has 0 bridgehead atoms. The van der Waals surface area contributed by atoms with Crippen molar-refractivity contribution < 1.29 is 18.7 Å². The first-order valence-corrected chi connectivity index (χ1v) is 11.6. The summed E-state index contributed by atoms with van der Waals surface area (Å²) in [4.78, 5) is 31.3. The van der Waals surface area contributed by atoms with Crippen molar-refractivity contribution in [1.29, 1.82) is 0 Å². The van der Waals surface area contributed by atoms with Crippen LogP contribution < -0.4 is 0 Å². The smallest absolute Gasteiger partial charge is 0.325 e. The lowest BCUT2D eigenvalue weighted by Crippen LogP contribution is -2.42. The topological polar surface area (TPSA) is 64.4 Å². The Morgan fingerprint density at radius 1 is 1.30 bits per heavy atom. The Bertz CT molecular complexity index is 1020. The average molecular weight is 494 g/mol. The third-order valence-electron chi connectivity index (χ3n) is 5.92. The number of imidazole rings is 1. The van der Waals surface area contributed by atoms with E-state index in [0.29, 0.717) is 31.0 Å². The number of aromatic nitrogens is 2. The number of esters is 1. The molecule has 2 heterocycles. The van der Waals surface area contributed by atoms with Crippen molar-refractivity contribution in [3.8, 4) is 0 Å². The molecule has 9 heteroatoms. The molecule has 1 aliphatic carbocycles. The number of halogens is 2. The number of hydrogen-bond acceptors (Lipinski definition) is 6. The van der Waals surface area contributed by atoms with Crippen LogP contribution in [0.1, 0.15) is 43.5 Å². The highest BCUT2D eigenvalue weighted by atomic mass is 35.5. The maximum Gasteiger partial charge on any atom is 0.325 e. The molecular weight excluding hydrogens is 465 g/mol. The van der Waals surface area contributed by atoms with Gasteiger partial charge in [0.05, 0.1) is 24.7 Å². The monoisotopic (exact) mass is 493 g/mol. The van der Waals surface area contributed by atoms with E-state index in [9.17, 15) is 14.0 Å². The van der Waals surface area contributed by atoms with E-state index in [0.717, 1.165) is 24.8 Å². The molecule has 6 nitrogen and oxygen atoms in total. The summed E-state index contributed by atoms with van der Waals surface area (Å²) >= 11 is 4.74. The highest BCUT2D eigenvalue weighted by Crippen LogP contribution is 2.39.